The van der Waals surface area contributed by atoms with Gasteiger partial charge in [-0.05, 0) is 17.5 Å². The number of aromatic amines is 1. The zero-order chi connectivity index (χ0) is 9.42. The average molecular weight is 176 g/mol. The average Bonchev–Trinajstić information content (AvgIpc) is 2.48. The summed E-state index contributed by atoms with van der Waals surface area (Å²) in [6, 6.07) is 1.99. The minimum Gasteiger partial charge on any atom is -0.380 e. The van der Waals surface area contributed by atoms with Crippen LogP contribution in [0.15, 0.2) is 12.3 Å². The molecular weight excluding hydrogens is 164 g/mol. The van der Waals surface area contributed by atoms with Gasteiger partial charge in [-0.2, -0.15) is 5.10 Å². The molecule has 13 heavy (non-hydrogen) atoms. The molecule has 2 rings (SSSR count). The van der Waals surface area contributed by atoms with E-state index in [0.717, 1.165) is 11.0 Å². The first-order valence-electron chi connectivity index (χ1n) is 4.28. The van der Waals surface area contributed by atoms with Gasteiger partial charge < -0.3 is 5.73 Å². The number of nitrogen functional groups attached to an aromatic ring is 1. The number of hydrogen-bond donors (Lipinski definition) is 2. The molecule has 0 saturated heterocycles. The topological polar surface area (TPSA) is 67.6 Å². The number of fused-ring (bicyclic) bond motifs is 1. The molecule has 0 bridgehead atoms. The first kappa shape index (κ1) is 8.04. The lowest BCUT2D eigenvalue weighted by Gasteiger charge is -2.04. The van der Waals surface area contributed by atoms with Crippen molar-refractivity contribution >= 4 is 16.9 Å². The molecule has 4 heteroatoms. The minimum atomic E-state index is 0.449. The van der Waals surface area contributed by atoms with Crippen LogP contribution < -0.4 is 5.73 Å². The molecule has 2 heterocycles. The summed E-state index contributed by atoms with van der Waals surface area (Å²) in [5.74, 6) is 0.919. The van der Waals surface area contributed by atoms with Gasteiger partial charge in [0.1, 0.15) is 5.52 Å². The SMILES string of the molecule is CC(C)c1ccnc2c(N)n[nH]c12. The summed E-state index contributed by atoms with van der Waals surface area (Å²) in [5, 5.41) is 6.83. The van der Waals surface area contributed by atoms with Crippen molar-refractivity contribution in [3.8, 4) is 0 Å². The summed E-state index contributed by atoms with van der Waals surface area (Å²) in [6.07, 6.45) is 1.77. The maximum Gasteiger partial charge on any atom is 0.171 e. The molecule has 0 spiro atoms. The number of H-pyrrole nitrogens is 1. The molecule has 0 unspecified atom stereocenters. The third kappa shape index (κ3) is 1.14. The van der Waals surface area contributed by atoms with Gasteiger partial charge in [0.05, 0.1) is 5.52 Å². The predicted octanol–water partition coefficient (Wildman–Crippen LogP) is 1.66. The fourth-order valence-corrected chi connectivity index (χ4v) is 1.44. The molecular formula is C9H12N4. The van der Waals surface area contributed by atoms with Crippen molar-refractivity contribution in [2.45, 2.75) is 19.8 Å². The van der Waals surface area contributed by atoms with Gasteiger partial charge in [0.2, 0.25) is 0 Å². The van der Waals surface area contributed by atoms with Crippen LogP contribution in [0, 0.1) is 0 Å². The molecule has 68 valence electrons. The standard InChI is InChI=1S/C9H12N4/c1-5(2)6-3-4-11-8-7(6)12-13-9(8)10/h3-5H,1-2H3,(H3,10,12,13). The second kappa shape index (κ2) is 2.73. The van der Waals surface area contributed by atoms with Gasteiger partial charge in [0.25, 0.3) is 0 Å². The van der Waals surface area contributed by atoms with E-state index in [1.54, 1.807) is 6.20 Å². The van der Waals surface area contributed by atoms with Crippen molar-refractivity contribution in [2.75, 3.05) is 5.73 Å². The van der Waals surface area contributed by atoms with Crippen molar-refractivity contribution in [2.24, 2.45) is 0 Å². The molecule has 0 saturated carbocycles. The Kier molecular flexibility index (Phi) is 1.69. The molecule has 0 aromatic carbocycles. The molecule has 0 aliphatic rings. The fourth-order valence-electron chi connectivity index (χ4n) is 1.44. The lowest BCUT2D eigenvalue weighted by atomic mass is 10.0. The largest absolute Gasteiger partial charge is 0.380 e. The highest BCUT2D eigenvalue weighted by Gasteiger charge is 2.09. The third-order valence-corrected chi connectivity index (χ3v) is 2.14. The number of pyridine rings is 1. The zero-order valence-electron chi connectivity index (χ0n) is 7.70. The number of nitrogens with one attached hydrogen (secondary N) is 1. The number of hydrogen-bond acceptors (Lipinski definition) is 3. The van der Waals surface area contributed by atoms with Gasteiger partial charge in [-0.15, -0.1) is 0 Å². The lowest BCUT2D eigenvalue weighted by molar-refractivity contribution is 0.869. The molecule has 2 aromatic rings. The monoisotopic (exact) mass is 176 g/mol. The highest BCUT2D eigenvalue weighted by atomic mass is 15.2. The summed E-state index contributed by atoms with van der Waals surface area (Å²) in [5.41, 5.74) is 8.57. The van der Waals surface area contributed by atoms with E-state index >= 15 is 0 Å². The van der Waals surface area contributed by atoms with Gasteiger partial charge >= 0.3 is 0 Å². The van der Waals surface area contributed by atoms with E-state index in [-0.39, 0.29) is 0 Å². The van der Waals surface area contributed by atoms with Crippen LogP contribution >= 0.6 is 0 Å². The molecule has 0 radical (unpaired) electrons. The van der Waals surface area contributed by atoms with Crippen LogP contribution in [-0.2, 0) is 0 Å². The van der Waals surface area contributed by atoms with E-state index in [2.05, 4.69) is 29.0 Å². The third-order valence-electron chi connectivity index (χ3n) is 2.14. The summed E-state index contributed by atoms with van der Waals surface area (Å²) in [6.45, 7) is 4.26. The Morgan fingerprint density at radius 1 is 1.46 bits per heavy atom. The highest BCUT2D eigenvalue weighted by Crippen LogP contribution is 2.24. The van der Waals surface area contributed by atoms with Crippen molar-refractivity contribution in [3.63, 3.8) is 0 Å². The smallest absolute Gasteiger partial charge is 0.171 e. The minimum absolute atomic E-state index is 0.449. The van der Waals surface area contributed by atoms with E-state index in [4.69, 9.17) is 5.73 Å². The quantitative estimate of drug-likeness (QED) is 0.694. The first-order valence-corrected chi connectivity index (χ1v) is 4.28. The number of aromatic nitrogens is 3. The molecule has 2 aromatic heterocycles. The second-order valence-corrected chi connectivity index (χ2v) is 3.39. The number of anilines is 1. The Morgan fingerprint density at radius 2 is 2.23 bits per heavy atom. The van der Waals surface area contributed by atoms with Gasteiger partial charge in [0, 0.05) is 6.20 Å². The summed E-state index contributed by atoms with van der Waals surface area (Å²) < 4.78 is 0. The molecule has 0 aliphatic heterocycles. The van der Waals surface area contributed by atoms with Gasteiger partial charge in [0.15, 0.2) is 5.82 Å². The number of nitrogens with two attached hydrogens (primary N) is 1. The first-order chi connectivity index (χ1) is 6.20. The fraction of sp³-hybridized carbons (Fsp3) is 0.333. The highest BCUT2D eigenvalue weighted by molar-refractivity contribution is 5.86. The molecule has 0 aliphatic carbocycles. The van der Waals surface area contributed by atoms with E-state index < -0.39 is 0 Å². The zero-order valence-corrected chi connectivity index (χ0v) is 7.70. The summed E-state index contributed by atoms with van der Waals surface area (Å²) >= 11 is 0. The van der Waals surface area contributed by atoms with E-state index in [9.17, 15) is 0 Å². The Hall–Kier alpha value is -1.58. The normalized spacial score (nSPS) is 11.3. The van der Waals surface area contributed by atoms with Crippen molar-refractivity contribution in [1.29, 1.82) is 0 Å². The van der Waals surface area contributed by atoms with Crippen LogP contribution in [-0.4, -0.2) is 15.2 Å². The van der Waals surface area contributed by atoms with Crippen LogP contribution in [0.1, 0.15) is 25.3 Å². The summed E-state index contributed by atoms with van der Waals surface area (Å²) in [4.78, 5) is 4.17. The number of rotatable bonds is 1. The second-order valence-electron chi connectivity index (χ2n) is 3.39. The van der Waals surface area contributed by atoms with Crippen molar-refractivity contribution in [1.82, 2.24) is 15.2 Å². The molecule has 0 atom stereocenters. The molecule has 0 fully saturated rings. The number of nitrogens with zero attached hydrogens (tertiary/aromatic N) is 2. The van der Waals surface area contributed by atoms with Gasteiger partial charge in [-0.25, -0.2) is 0 Å². The van der Waals surface area contributed by atoms with Crippen molar-refractivity contribution < 1.29 is 0 Å². The lowest BCUT2D eigenvalue weighted by Crippen LogP contribution is -1.91. The molecule has 3 N–H and O–H groups in total. The van der Waals surface area contributed by atoms with E-state index in [1.165, 1.54) is 5.56 Å². The van der Waals surface area contributed by atoms with Gasteiger partial charge in [-0.1, -0.05) is 13.8 Å². The maximum absolute atomic E-state index is 5.64. The van der Waals surface area contributed by atoms with Crippen molar-refractivity contribution in [3.05, 3.63) is 17.8 Å². The Bertz CT molecular complexity index is 430. The van der Waals surface area contributed by atoms with E-state index in [1.807, 2.05) is 6.07 Å². The predicted molar refractivity (Wildman–Crippen MR) is 52.4 cm³/mol. The van der Waals surface area contributed by atoms with Crippen LogP contribution in [0.2, 0.25) is 0 Å². The summed E-state index contributed by atoms with van der Waals surface area (Å²) in [7, 11) is 0. The van der Waals surface area contributed by atoms with E-state index in [0.29, 0.717) is 11.7 Å². The Morgan fingerprint density at radius 3 is 2.92 bits per heavy atom. The van der Waals surface area contributed by atoms with Crippen LogP contribution in [0.4, 0.5) is 5.82 Å². The maximum atomic E-state index is 5.64. The van der Waals surface area contributed by atoms with Crippen LogP contribution in [0.5, 0.6) is 0 Å². The van der Waals surface area contributed by atoms with Crippen LogP contribution in [0.25, 0.3) is 11.0 Å². The Balaban J connectivity index is 2.77. The van der Waals surface area contributed by atoms with Crippen LogP contribution in [0.3, 0.4) is 0 Å². The molecule has 4 nitrogen and oxygen atoms in total. The van der Waals surface area contributed by atoms with Gasteiger partial charge in [-0.3, -0.25) is 10.1 Å². The Labute approximate surface area is 76.2 Å². The molecule has 0 amide bonds.